The Morgan fingerprint density at radius 3 is 2.46 bits per heavy atom. The molecule has 0 saturated heterocycles. The molecule has 0 spiro atoms. The molecule has 24 heavy (non-hydrogen) atoms. The van der Waals surface area contributed by atoms with Gasteiger partial charge in [0.2, 0.25) is 0 Å². The second-order valence-electron chi connectivity index (χ2n) is 7.09. The topological polar surface area (TPSA) is 70.6 Å². The lowest BCUT2D eigenvalue weighted by atomic mass is 9.82. The molecule has 1 atom stereocenters. The van der Waals surface area contributed by atoms with E-state index >= 15 is 0 Å². The summed E-state index contributed by atoms with van der Waals surface area (Å²) in [6.07, 6.45) is 1.82. The summed E-state index contributed by atoms with van der Waals surface area (Å²) in [5, 5.41) is 6.61. The van der Waals surface area contributed by atoms with Crippen molar-refractivity contribution >= 4 is 15.8 Å². The van der Waals surface area contributed by atoms with Gasteiger partial charge in [-0.25, -0.2) is 8.42 Å². The van der Waals surface area contributed by atoms with Crippen LogP contribution in [0.2, 0.25) is 0 Å². The normalized spacial score (nSPS) is 14.3. The van der Waals surface area contributed by atoms with E-state index in [0.29, 0.717) is 12.4 Å². The van der Waals surface area contributed by atoms with E-state index in [0.717, 1.165) is 6.54 Å². The minimum Gasteiger partial charge on any atom is -0.356 e. The van der Waals surface area contributed by atoms with Crippen LogP contribution < -0.4 is 10.6 Å². The Labute approximate surface area is 146 Å². The van der Waals surface area contributed by atoms with Gasteiger partial charge >= 0.3 is 0 Å². The third-order valence-corrected chi connectivity index (χ3v) is 5.08. The number of benzene rings is 1. The maximum absolute atomic E-state index is 11.3. The van der Waals surface area contributed by atoms with Gasteiger partial charge in [0.05, 0.1) is 5.75 Å². The Balaban J connectivity index is 2.62. The third kappa shape index (κ3) is 6.91. The highest BCUT2D eigenvalue weighted by Gasteiger charge is 2.22. The molecule has 0 aliphatic carbocycles. The molecule has 6 heteroatoms. The van der Waals surface area contributed by atoms with Crippen LogP contribution in [0, 0.1) is 6.92 Å². The minimum absolute atomic E-state index is 0.0347. The van der Waals surface area contributed by atoms with Gasteiger partial charge in [-0.2, -0.15) is 0 Å². The van der Waals surface area contributed by atoms with E-state index in [4.69, 9.17) is 0 Å². The Morgan fingerprint density at radius 1 is 1.29 bits per heavy atom. The molecule has 0 saturated carbocycles. The summed E-state index contributed by atoms with van der Waals surface area (Å²) in [7, 11) is -1.22. The largest absolute Gasteiger partial charge is 0.356 e. The summed E-state index contributed by atoms with van der Waals surface area (Å²) in [5.41, 5.74) is 2.53. The van der Waals surface area contributed by atoms with Gasteiger partial charge in [-0.05, 0) is 31.4 Å². The van der Waals surface area contributed by atoms with Crippen molar-refractivity contribution in [3.63, 3.8) is 0 Å². The number of hydrogen-bond donors (Lipinski definition) is 2. The third-order valence-electron chi connectivity index (χ3n) is 4.10. The van der Waals surface area contributed by atoms with Crippen molar-refractivity contribution in [1.29, 1.82) is 0 Å². The number of hydrogen-bond acceptors (Lipinski definition) is 3. The Hall–Kier alpha value is -1.56. The van der Waals surface area contributed by atoms with Gasteiger partial charge in [0.25, 0.3) is 0 Å². The van der Waals surface area contributed by atoms with Gasteiger partial charge in [0.15, 0.2) is 5.96 Å². The lowest BCUT2D eigenvalue weighted by molar-refractivity contribution is 0.501. The first-order valence-corrected chi connectivity index (χ1v) is 10.3. The van der Waals surface area contributed by atoms with E-state index in [-0.39, 0.29) is 17.2 Å². The summed E-state index contributed by atoms with van der Waals surface area (Å²) in [6.45, 7) is 9.21. The van der Waals surface area contributed by atoms with Crippen molar-refractivity contribution in [3.05, 3.63) is 35.4 Å². The lowest BCUT2D eigenvalue weighted by Crippen LogP contribution is -2.46. The molecule has 0 aliphatic heterocycles. The fourth-order valence-corrected chi connectivity index (χ4v) is 3.40. The molecule has 0 radical (unpaired) electrons. The second-order valence-corrected chi connectivity index (χ2v) is 9.35. The van der Waals surface area contributed by atoms with E-state index in [1.807, 2.05) is 13.0 Å². The van der Waals surface area contributed by atoms with Crippen molar-refractivity contribution in [1.82, 2.24) is 10.6 Å². The van der Waals surface area contributed by atoms with Crippen LogP contribution in [-0.2, 0) is 15.3 Å². The number of rotatable bonds is 7. The van der Waals surface area contributed by atoms with Crippen LogP contribution in [0.15, 0.2) is 29.3 Å². The van der Waals surface area contributed by atoms with E-state index in [2.05, 4.69) is 54.6 Å². The van der Waals surface area contributed by atoms with Crippen molar-refractivity contribution in [2.45, 2.75) is 45.6 Å². The van der Waals surface area contributed by atoms with Crippen LogP contribution in [0.3, 0.4) is 0 Å². The number of aryl methyl sites for hydroxylation is 1. The lowest BCUT2D eigenvalue weighted by Gasteiger charge is -2.29. The molecule has 0 bridgehead atoms. The van der Waals surface area contributed by atoms with E-state index < -0.39 is 9.84 Å². The second kappa shape index (κ2) is 8.51. The van der Waals surface area contributed by atoms with Crippen molar-refractivity contribution in [3.8, 4) is 0 Å². The smallest absolute Gasteiger partial charge is 0.191 e. The van der Waals surface area contributed by atoms with Crippen LogP contribution in [-0.4, -0.2) is 46.0 Å². The summed E-state index contributed by atoms with van der Waals surface area (Å²) >= 11 is 0. The Kier molecular flexibility index (Phi) is 7.27. The summed E-state index contributed by atoms with van der Waals surface area (Å²) in [4.78, 5) is 4.24. The zero-order valence-electron chi connectivity index (χ0n) is 15.7. The average Bonchev–Trinajstić information content (AvgIpc) is 2.49. The zero-order valence-corrected chi connectivity index (χ0v) is 16.5. The molecule has 5 nitrogen and oxygen atoms in total. The molecule has 0 fully saturated rings. The molecular weight excluding hydrogens is 322 g/mol. The molecule has 0 aliphatic rings. The molecule has 0 heterocycles. The molecule has 0 amide bonds. The highest BCUT2D eigenvalue weighted by Crippen LogP contribution is 2.25. The highest BCUT2D eigenvalue weighted by molar-refractivity contribution is 7.90. The van der Waals surface area contributed by atoms with Gasteiger partial charge in [-0.3, -0.25) is 4.99 Å². The first kappa shape index (κ1) is 20.5. The van der Waals surface area contributed by atoms with Crippen LogP contribution in [0.5, 0.6) is 0 Å². The standard InChI is InChI=1S/C18H31N3O2S/c1-14-9-7-8-10-16(14)18(3,4)13-20-17(19-5)21-15(2)11-12-24(6,22)23/h7-10,15H,11-13H2,1-6H3,(H2,19,20,21). The Bertz CT molecular complexity index is 667. The zero-order chi connectivity index (χ0) is 18.4. The molecule has 136 valence electrons. The summed E-state index contributed by atoms with van der Waals surface area (Å²) in [5.74, 6) is 0.866. The molecular formula is C18H31N3O2S. The SMILES string of the molecule is CN=C(NCC(C)(C)c1ccccc1C)NC(C)CCS(C)(=O)=O. The average molecular weight is 354 g/mol. The van der Waals surface area contributed by atoms with E-state index in [1.165, 1.54) is 17.4 Å². The van der Waals surface area contributed by atoms with Gasteiger partial charge < -0.3 is 10.6 Å². The van der Waals surface area contributed by atoms with Crippen LogP contribution in [0.1, 0.15) is 38.3 Å². The van der Waals surface area contributed by atoms with Crippen LogP contribution in [0.4, 0.5) is 0 Å². The van der Waals surface area contributed by atoms with Gasteiger partial charge in [-0.1, -0.05) is 38.1 Å². The molecule has 1 aromatic rings. The monoisotopic (exact) mass is 353 g/mol. The molecule has 1 unspecified atom stereocenters. The Morgan fingerprint density at radius 2 is 1.92 bits per heavy atom. The van der Waals surface area contributed by atoms with E-state index in [1.54, 1.807) is 7.05 Å². The number of nitrogens with zero attached hydrogens (tertiary/aromatic N) is 1. The van der Waals surface area contributed by atoms with E-state index in [9.17, 15) is 8.42 Å². The van der Waals surface area contributed by atoms with Gasteiger partial charge in [0.1, 0.15) is 9.84 Å². The van der Waals surface area contributed by atoms with Crippen molar-refractivity contribution in [2.24, 2.45) is 4.99 Å². The molecule has 1 rings (SSSR count). The van der Waals surface area contributed by atoms with Crippen molar-refractivity contribution in [2.75, 3.05) is 25.6 Å². The fraction of sp³-hybridized carbons (Fsp3) is 0.611. The summed E-state index contributed by atoms with van der Waals surface area (Å²) < 4.78 is 22.5. The van der Waals surface area contributed by atoms with Gasteiger partial charge in [0, 0.05) is 31.3 Å². The first-order valence-electron chi connectivity index (χ1n) is 8.26. The molecule has 2 N–H and O–H groups in total. The summed E-state index contributed by atoms with van der Waals surface area (Å²) in [6, 6.07) is 8.42. The molecule has 1 aromatic carbocycles. The number of nitrogens with one attached hydrogen (secondary N) is 2. The number of aliphatic imine (C=N–C) groups is 1. The highest BCUT2D eigenvalue weighted by atomic mass is 32.2. The predicted octanol–water partition coefficient (Wildman–Crippen LogP) is 2.26. The predicted molar refractivity (Wildman–Crippen MR) is 102 cm³/mol. The first-order chi connectivity index (χ1) is 11.0. The fourth-order valence-electron chi connectivity index (χ4n) is 2.62. The molecule has 0 aromatic heterocycles. The number of sulfone groups is 1. The number of guanidine groups is 1. The van der Waals surface area contributed by atoms with Crippen molar-refractivity contribution < 1.29 is 8.42 Å². The van der Waals surface area contributed by atoms with Gasteiger partial charge in [-0.15, -0.1) is 0 Å². The quantitative estimate of drug-likeness (QED) is 0.583. The van der Waals surface area contributed by atoms with Crippen LogP contribution in [0.25, 0.3) is 0 Å². The maximum atomic E-state index is 11.3. The maximum Gasteiger partial charge on any atom is 0.191 e. The van der Waals surface area contributed by atoms with Crippen LogP contribution >= 0.6 is 0 Å². The minimum atomic E-state index is -2.94.